The van der Waals surface area contributed by atoms with Gasteiger partial charge in [0.25, 0.3) is 5.91 Å². The zero-order valence-electron chi connectivity index (χ0n) is 12.0. The Labute approximate surface area is 132 Å². The number of amides is 1. The summed E-state index contributed by atoms with van der Waals surface area (Å²) in [5, 5.41) is 2.71. The number of halogens is 1. The number of anilines is 1. The molecule has 2 aromatic rings. The standard InChI is InChI=1S/C16H17BrN2O2/c1-3-12-4-6-13(7-5-12)21-10-16(20)19-15-8-11(2)14(17)9-18-15/h4-9H,3,10H2,1-2H3,(H,18,19,20). The molecule has 110 valence electrons. The number of carbonyl (C=O) groups is 1. The van der Waals surface area contributed by atoms with Crippen molar-refractivity contribution in [1.29, 1.82) is 0 Å². The molecule has 0 fully saturated rings. The van der Waals surface area contributed by atoms with Gasteiger partial charge in [0.2, 0.25) is 0 Å². The van der Waals surface area contributed by atoms with Crippen LogP contribution in [0.15, 0.2) is 41.0 Å². The maximum atomic E-state index is 11.8. The molecule has 0 unspecified atom stereocenters. The second-order valence-electron chi connectivity index (χ2n) is 4.65. The summed E-state index contributed by atoms with van der Waals surface area (Å²) in [4.78, 5) is 15.9. The molecule has 0 aliphatic heterocycles. The fraction of sp³-hybridized carbons (Fsp3) is 0.250. The van der Waals surface area contributed by atoms with Crippen molar-refractivity contribution in [3.63, 3.8) is 0 Å². The zero-order chi connectivity index (χ0) is 15.2. The number of aryl methyl sites for hydroxylation is 2. The number of aromatic nitrogens is 1. The molecule has 0 aliphatic carbocycles. The molecule has 1 amide bonds. The van der Waals surface area contributed by atoms with Crippen molar-refractivity contribution in [1.82, 2.24) is 4.98 Å². The first-order valence-corrected chi connectivity index (χ1v) is 7.51. The molecule has 0 saturated carbocycles. The van der Waals surface area contributed by atoms with Crippen LogP contribution in [0.4, 0.5) is 5.82 Å². The summed E-state index contributed by atoms with van der Waals surface area (Å²) in [7, 11) is 0. The number of rotatable bonds is 5. The van der Waals surface area contributed by atoms with E-state index < -0.39 is 0 Å². The fourth-order valence-corrected chi connectivity index (χ4v) is 1.97. The van der Waals surface area contributed by atoms with Gasteiger partial charge in [-0.2, -0.15) is 0 Å². The number of nitrogens with one attached hydrogen (secondary N) is 1. The molecule has 1 N–H and O–H groups in total. The minimum absolute atomic E-state index is 0.0394. The normalized spacial score (nSPS) is 10.2. The molecule has 1 aromatic heterocycles. The summed E-state index contributed by atoms with van der Waals surface area (Å²) in [6.45, 7) is 3.99. The number of carbonyl (C=O) groups excluding carboxylic acids is 1. The second kappa shape index (κ2) is 7.22. The molecule has 4 nitrogen and oxygen atoms in total. The van der Waals surface area contributed by atoms with Gasteiger partial charge in [-0.25, -0.2) is 4.98 Å². The van der Waals surface area contributed by atoms with Crippen LogP contribution < -0.4 is 10.1 Å². The molecule has 1 aromatic carbocycles. The highest BCUT2D eigenvalue weighted by molar-refractivity contribution is 9.10. The number of pyridine rings is 1. The summed E-state index contributed by atoms with van der Waals surface area (Å²) < 4.78 is 6.35. The average molecular weight is 349 g/mol. The van der Waals surface area contributed by atoms with Gasteiger partial charge in [0.1, 0.15) is 11.6 Å². The van der Waals surface area contributed by atoms with Gasteiger partial charge >= 0.3 is 0 Å². The molecule has 2 rings (SSSR count). The van der Waals surface area contributed by atoms with Crippen LogP contribution in [0.5, 0.6) is 5.75 Å². The lowest BCUT2D eigenvalue weighted by Crippen LogP contribution is -2.20. The Hall–Kier alpha value is -1.88. The van der Waals surface area contributed by atoms with E-state index in [1.54, 1.807) is 12.3 Å². The highest BCUT2D eigenvalue weighted by Gasteiger charge is 2.06. The lowest BCUT2D eigenvalue weighted by molar-refractivity contribution is -0.118. The molecule has 0 bridgehead atoms. The van der Waals surface area contributed by atoms with Crippen LogP contribution in [-0.4, -0.2) is 17.5 Å². The third-order valence-corrected chi connectivity index (χ3v) is 3.85. The summed E-state index contributed by atoms with van der Waals surface area (Å²) >= 11 is 3.37. The predicted molar refractivity (Wildman–Crippen MR) is 86.6 cm³/mol. The van der Waals surface area contributed by atoms with Crippen LogP contribution in [0.1, 0.15) is 18.1 Å². The first kappa shape index (κ1) is 15.5. The van der Waals surface area contributed by atoms with Gasteiger partial charge in [0.15, 0.2) is 6.61 Å². The van der Waals surface area contributed by atoms with E-state index in [1.165, 1.54) is 5.56 Å². The van der Waals surface area contributed by atoms with E-state index in [4.69, 9.17) is 4.74 Å². The Kier molecular flexibility index (Phi) is 5.33. The third kappa shape index (κ3) is 4.56. The topological polar surface area (TPSA) is 51.2 Å². The molecule has 0 aliphatic rings. The van der Waals surface area contributed by atoms with Gasteiger partial charge in [0, 0.05) is 10.7 Å². The lowest BCUT2D eigenvalue weighted by atomic mass is 10.2. The quantitative estimate of drug-likeness (QED) is 0.895. The van der Waals surface area contributed by atoms with Crippen LogP contribution >= 0.6 is 15.9 Å². The maximum Gasteiger partial charge on any atom is 0.263 e. The highest BCUT2D eigenvalue weighted by Crippen LogP contribution is 2.17. The van der Waals surface area contributed by atoms with Gasteiger partial charge in [-0.3, -0.25) is 4.79 Å². The second-order valence-corrected chi connectivity index (χ2v) is 5.51. The molecule has 0 radical (unpaired) electrons. The number of benzene rings is 1. The smallest absolute Gasteiger partial charge is 0.263 e. The highest BCUT2D eigenvalue weighted by atomic mass is 79.9. The lowest BCUT2D eigenvalue weighted by Gasteiger charge is -2.08. The zero-order valence-corrected chi connectivity index (χ0v) is 13.6. The molecular weight excluding hydrogens is 332 g/mol. The summed E-state index contributed by atoms with van der Waals surface area (Å²) in [5.41, 5.74) is 2.25. The number of hydrogen-bond acceptors (Lipinski definition) is 3. The van der Waals surface area contributed by atoms with Crippen molar-refractivity contribution in [2.75, 3.05) is 11.9 Å². The number of hydrogen-bond donors (Lipinski definition) is 1. The Bertz CT molecular complexity index is 627. The van der Waals surface area contributed by atoms with Gasteiger partial charge < -0.3 is 10.1 Å². The Morgan fingerprint density at radius 3 is 2.67 bits per heavy atom. The monoisotopic (exact) mass is 348 g/mol. The fourth-order valence-electron chi connectivity index (χ4n) is 1.76. The molecule has 0 atom stereocenters. The largest absolute Gasteiger partial charge is 0.484 e. The van der Waals surface area contributed by atoms with Crippen LogP contribution in [0.3, 0.4) is 0 Å². The Morgan fingerprint density at radius 2 is 2.05 bits per heavy atom. The van der Waals surface area contributed by atoms with Crippen LogP contribution in [0, 0.1) is 6.92 Å². The van der Waals surface area contributed by atoms with Crippen molar-refractivity contribution < 1.29 is 9.53 Å². The van der Waals surface area contributed by atoms with Crippen LogP contribution in [0.25, 0.3) is 0 Å². The van der Waals surface area contributed by atoms with Gasteiger partial charge in [-0.15, -0.1) is 0 Å². The first-order chi connectivity index (χ1) is 10.1. The predicted octanol–water partition coefficient (Wildman–Crippen LogP) is 3.73. The van der Waals surface area contributed by atoms with E-state index in [2.05, 4.69) is 33.2 Å². The number of ether oxygens (including phenoxy) is 1. The summed E-state index contributed by atoms with van der Waals surface area (Å²) in [6, 6.07) is 9.53. The van der Waals surface area contributed by atoms with E-state index in [1.807, 2.05) is 31.2 Å². The molecule has 0 saturated heterocycles. The third-order valence-electron chi connectivity index (χ3n) is 3.02. The van der Waals surface area contributed by atoms with Crippen molar-refractivity contribution in [3.05, 3.63) is 52.1 Å². The first-order valence-electron chi connectivity index (χ1n) is 6.72. The Balaban J connectivity index is 1.87. The van der Waals surface area contributed by atoms with Crippen molar-refractivity contribution in [2.45, 2.75) is 20.3 Å². The van der Waals surface area contributed by atoms with Gasteiger partial charge in [-0.1, -0.05) is 19.1 Å². The summed E-state index contributed by atoms with van der Waals surface area (Å²) in [6.07, 6.45) is 2.64. The van der Waals surface area contributed by atoms with Crippen molar-refractivity contribution in [3.8, 4) is 5.75 Å². The molecule has 21 heavy (non-hydrogen) atoms. The molecule has 0 spiro atoms. The van der Waals surface area contributed by atoms with Gasteiger partial charge in [-0.05, 0) is 58.6 Å². The summed E-state index contributed by atoms with van der Waals surface area (Å²) in [5.74, 6) is 0.969. The minimum atomic E-state index is -0.233. The van der Waals surface area contributed by atoms with E-state index in [9.17, 15) is 4.79 Å². The molecular formula is C16H17BrN2O2. The van der Waals surface area contributed by atoms with Crippen molar-refractivity contribution in [2.24, 2.45) is 0 Å². The van der Waals surface area contributed by atoms with E-state index >= 15 is 0 Å². The van der Waals surface area contributed by atoms with Crippen LogP contribution in [0.2, 0.25) is 0 Å². The van der Waals surface area contributed by atoms with Gasteiger partial charge in [0.05, 0.1) is 0 Å². The molecule has 5 heteroatoms. The van der Waals surface area contributed by atoms with E-state index in [0.29, 0.717) is 11.6 Å². The minimum Gasteiger partial charge on any atom is -0.484 e. The van der Waals surface area contributed by atoms with E-state index in [0.717, 1.165) is 16.5 Å². The average Bonchev–Trinajstić information content (AvgIpc) is 2.49. The SMILES string of the molecule is CCc1ccc(OCC(=O)Nc2cc(C)c(Br)cn2)cc1. The van der Waals surface area contributed by atoms with E-state index in [-0.39, 0.29) is 12.5 Å². The van der Waals surface area contributed by atoms with Crippen LogP contribution in [-0.2, 0) is 11.2 Å². The number of nitrogens with zero attached hydrogens (tertiary/aromatic N) is 1. The Morgan fingerprint density at radius 1 is 1.33 bits per heavy atom. The maximum absolute atomic E-state index is 11.8. The van der Waals surface area contributed by atoms with Crippen molar-refractivity contribution >= 4 is 27.7 Å². The molecule has 1 heterocycles.